The van der Waals surface area contributed by atoms with E-state index in [1.807, 2.05) is 42.2 Å². The minimum absolute atomic E-state index is 0.0731. The molecule has 0 atom stereocenters. The van der Waals surface area contributed by atoms with Crippen LogP contribution in [0.3, 0.4) is 0 Å². The second-order valence-corrected chi connectivity index (χ2v) is 5.52. The predicted molar refractivity (Wildman–Crippen MR) is 79.0 cm³/mol. The zero-order valence-corrected chi connectivity index (χ0v) is 12.1. The van der Waals surface area contributed by atoms with E-state index in [4.69, 9.17) is 16.0 Å². The monoisotopic (exact) mass is 289 g/mol. The van der Waals surface area contributed by atoms with Crippen LogP contribution in [0.15, 0.2) is 34.7 Å². The van der Waals surface area contributed by atoms with Crippen molar-refractivity contribution in [2.75, 3.05) is 13.1 Å². The van der Waals surface area contributed by atoms with Crippen LogP contribution in [-0.2, 0) is 0 Å². The zero-order chi connectivity index (χ0) is 14.1. The van der Waals surface area contributed by atoms with E-state index in [1.54, 1.807) is 0 Å². The summed E-state index contributed by atoms with van der Waals surface area (Å²) in [6.45, 7) is 3.53. The van der Waals surface area contributed by atoms with Gasteiger partial charge in [-0.2, -0.15) is 0 Å². The van der Waals surface area contributed by atoms with Gasteiger partial charge in [0.15, 0.2) is 0 Å². The Balaban J connectivity index is 1.90. The highest BCUT2D eigenvalue weighted by atomic mass is 35.5. The van der Waals surface area contributed by atoms with Gasteiger partial charge in [0.2, 0.25) is 0 Å². The van der Waals surface area contributed by atoms with Gasteiger partial charge in [0.1, 0.15) is 11.5 Å². The van der Waals surface area contributed by atoms with Gasteiger partial charge in [0, 0.05) is 23.7 Å². The Morgan fingerprint density at radius 1 is 1.20 bits per heavy atom. The number of rotatable bonds is 2. The molecule has 0 unspecified atom stereocenters. The SMILES string of the molecule is Cc1oc(-c2ccc(Cl)cc2)cc1C(=O)N1CCCC1. The predicted octanol–water partition coefficient (Wildman–Crippen LogP) is 4.14. The number of halogens is 1. The van der Waals surface area contributed by atoms with Crippen LogP contribution in [0.2, 0.25) is 5.02 Å². The fourth-order valence-corrected chi connectivity index (χ4v) is 2.67. The number of furan rings is 1. The van der Waals surface area contributed by atoms with E-state index in [0.717, 1.165) is 31.5 Å². The van der Waals surface area contributed by atoms with Crippen LogP contribution < -0.4 is 0 Å². The van der Waals surface area contributed by atoms with E-state index in [-0.39, 0.29) is 5.91 Å². The Morgan fingerprint density at radius 2 is 1.85 bits per heavy atom. The maximum atomic E-state index is 12.4. The molecule has 1 fully saturated rings. The van der Waals surface area contributed by atoms with Gasteiger partial charge in [-0.3, -0.25) is 4.79 Å². The maximum Gasteiger partial charge on any atom is 0.257 e. The van der Waals surface area contributed by atoms with Crippen LogP contribution in [0.25, 0.3) is 11.3 Å². The molecule has 3 rings (SSSR count). The van der Waals surface area contributed by atoms with Crippen LogP contribution in [0, 0.1) is 6.92 Å². The van der Waals surface area contributed by atoms with Crippen LogP contribution in [0.1, 0.15) is 29.0 Å². The second-order valence-electron chi connectivity index (χ2n) is 5.09. The average Bonchev–Trinajstić information content (AvgIpc) is 3.08. The molecule has 0 bridgehead atoms. The fraction of sp³-hybridized carbons (Fsp3) is 0.312. The van der Waals surface area contributed by atoms with Crippen molar-refractivity contribution in [2.45, 2.75) is 19.8 Å². The van der Waals surface area contributed by atoms with Gasteiger partial charge in [-0.1, -0.05) is 11.6 Å². The molecule has 0 N–H and O–H groups in total. The third-order valence-electron chi connectivity index (χ3n) is 3.67. The lowest BCUT2D eigenvalue weighted by Crippen LogP contribution is -2.27. The van der Waals surface area contributed by atoms with E-state index < -0.39 is 0 Å². The molecular weight excluding hydrogens is 274 g/mol. The van der Waals surface area contributed by atoms with Crippen molar-refractivity contribution in [3.63, 3.8) is 0 Å². The number of carbonyl (C=O) groups excluding carboxylic acids is 1. The van der Waals surface area contributed by atoms with Crippen molar-refractivity contribution in [1.82, 2.24) is 4.90 Å². The minimum atomic E-state index is 0.0731. The Kier molecular flexibility index (Phi) is 3.53. The summed E-state index contributed by atoms with van der Waals surface area (Å²) in [5.41, 5.74) is 1.59. The number of likely N-dealkylation sites (tertiary alicyclic amines) is 1. The molecule has 3 nitrogen and oxygen atoms in total. The molecular formula is C16H16ClNO2. The number of benzene rings is 1. The van der Waals surface area contributed by atoms with Crippen molar-refractivity contribution in [1.29, 1.82) is 0 Å². The summed E-state index contributed by atoms with van der Waals surface area (Å²) in [5, 5.41) is 0.686. The summed E-state index contributed by atoms with van der Waals surface area (Å²) in [4.78, 5) is 14.3. The van der Waals surface area contributed by atoms with E-state index in [1.165, 1.54) is 0 Å². The quantitative estimate of drug-likeness (QED) is 0.832. The average molecular weight is 290 g/mol. The molecule has 1 saturated heterocycles. The summed E-state index contributed by atoms with van der Waals surface area (Å²) < 4.78 is 5.73. The molecule has 2 heterocycles. The van der Waals surface area contributed by atoms with Crippen LogP contribution >= 0.6 is 11.6 Å². The zero-order valence-electron chi connectivity index (χ0n) is 11.4. The highest BCUT2D eigenvalue weighted by Gasteiger charge is 2.23. The van der Waals surface area contributed by atoms with Gasteiger partial charge in [-0.25, -0.2) is 0 Å². The van der Waals surface area contributed by atoms with Crippen LogP contribution in [0.5, 0.6) is 0 Å². The number of hydrogen-bond acceptors (Lipinski definition) is 2. The summed E-state index contributed by atoms with van der Waals surface area (Å²) in [5.74, 6) is 1.46. The smallest absolute Gasteiger partial charge is 0.257 e. The number of hydrogen-bond donors (Lipinski definition) is 0. The number of aryl methyl sites for hydroxylation is 1. The molecule has 0 radical (unpaired) electrons. The van der Waals surface area contributed by atoms with Gasteiger partial charge >= 0.3 is 0 Å². The van der Waals surface area contributed by atoms with Crippen LogP contribution in [0.4, 0.5) is 0 Å². The lowest BCUT2D eigenvalue weighted by molar-refractivity contribution is 0.0791. The molecule has 20 heavy (non-hydrogen) atoms. The number of amides is 1. The first kappa shape index (κ1) is 13.3. The first-order chi connectivity index (χ1) is 9.65. The van der Waals surface area contributed by atoms with Crippen LogP contribution in [-0.4, -0.2) is 23.9 Å². The van der Waals surface area contributed by atoms with Crippen molar-refractivity contribution >= 4 is 17.5 Å². The fourth-order valence-electron chi connectivity index (χ4n) is 2.54. The molecule has 1 amide bonds. The summed E-state index contributed by atoms with van der Waals surface area (Å²) in [7, 11) is 0. The highest BCUT2D eigenvalue weighted by molar-refractivity contribution is 6.30. The summed E-state index contributed by atoms with van der Waals surface area (Å²) >= 11 is 5.88. The molecule has 104 valence electrons. The van der Waals surface area contributed by atoms with E-state index in [9.17, 15) is 4.79 Å². The lowest BCUT2D eigenvalue weighted by atomic mass is 10.1. The summed E-state index contributed by atoms with van der Waals surface area (Å²) in [6, 6.07) is 9.25. The van der Waals surface area contributed by atoms with Gasteiger partial charge in [0.25, 0.3) is 5.91 Å². The molecule has 2 aromatic rings. The highest BCUT2D eigenvalue weighted by Crippen LogP contribution is 2.28. The van der Waals surface area contributed by atoms with Gasteiger partial charge in [-0.15, -0.1) is 0 Å². The maximum absolute atomic E-state index is 12.4. The van der Waals surface area contributed by atoms with Gasteiger partial charge in [-0.05, 0) is 50.1 Å². The van der Waals surface area contributed by atoms with Gasteiger partial charge < -0.3 is 9.32 Å². The van der Waals surface area contributed by atoms with E-state index in [2.05, 4.69) is 0 Å². The Morgan fingerprint density at radius 3 is 2.50 bits per heavy atom. The number of nitrogens with zero attached hydrogens (tertiary/aromatic N) is 1. The minimum Gasteiger partial charge on any atom is -0.461 e. The van der Waals surface area contributed by atoms with Crippen molar-refractivity contribution in [3.05, 3.63) is 46.7 Å². The third kappa shape index (κ3) is 2.46. The standard InChI is InChI=1S/C16H16ClNO2/c1-11-14(16(19)18-8-2-3-9-18)10-15(20-11)12-4-6-13(17)7-5-12/h4-7,10H,2-3,8-9H2,1H3. The lowest BCUT2D eigenvalue weighted by Gasteiger charge is -2.13. The third-order valence-corrected chi connectivity index (χ3v) is 3.92. The first-order valence-corrected chi connectivity index (χ1v) is 7.18. The van der Waals surface area contributed by atoms with Crippen molar-refractivity contribution in [2.24, 2.45) is 0 Å². The normalized spacial score (nSPS) is 14.8. The molecule has 0 saturated carbocycles. The molecule has 0 spiro atoms. The Bertz CT molecular complexity index is 624. The second kappa shape index (κ2) is 5.33. The molecule has 4 heteroatoms. The largest absolute Gasteiger partial charge is 0.461 e. The van der Waals surface area contributed by atoms with Crippen molar-refractivity contribution in [3.8, 4) is 11.3 Å². The topological polar surface area (TPSA) is 33.5 Å². The number of carbonyl (C=O) groups is 1. The molecule has 0 aliphatic carbocycles. The molecule has 1 aliphatic heterocycles. The first-order valence-electron chi connectivity index (χ1n) is 6.81. The Hall–Kier alpha value is -1.74. The van der Waals surface area contributed by atoms with E-state index >= 15 is 0 Å². The van der Waals surface area contributed by atoms with Crippen molar-refractivity contribution < 1.29 is 9.21 Å². The van der Waals surface area contributed by atoms with Gasteiger partial charge in [0.05, 0.1) is 5.56 Å². The molecule has 1 aromatic carbocycles. The van der Waals surface area contributed by atoms with E-state index in [0.29, 0.717) is 22.1 Å². The summed E-state index contributed by atoms with van der Waals surface area (Å²) in [6.07, 6.45) is 2.18. The Labute approximate surface area is 123 Å². The molecule has 1 aliphatic rings. The molecule has 1 aromatic heterocycles.